The number of aliphatic hydroxyl groups excluding tert-OH is 1. The number of ketones is 1. The fourth-order valence-corrected chi connectivity index (χ4v) is 7.69. The molecule has 0 bridgehead atoms. The van der Waals surface area contributed by atoms with Gasteiger partial charge in [0.15, 0.2) is 6.29 Å². The molecule has 0 aromatic carbocycles. The summed E-state index contributed by atoms with van der Waals surface area (Å²) in [6.45, 7) is 8.44. The van der Waals surface area contributed by atoms with Crippen molar-refractivity contribution in [3.05, 3.63) is 11.6 Å². The van der Waals surface area contributed by atoms with Crippen LogP contribution in [0.25, 0.3) is 0 Å². The molecule has 0 heterocycles. The third-order valence-electron chi connectivity index (χ3n) is 8.94. The van der Waals surface area contributed by atoms with Crippen LogP contribution < -0.4 is 0 Å². The van der Waals surface area contributed by atoms with E-state index in [9.17, 15) is 9.90 Å². The first-order valence-electron chi connectivity index (χ1n) is 10.8. The maximum Gasteiger partial charge on any atom is 0.152 e. The van der Waals surface area contributed by atoms with E-state index in [1.807, 2.05) is 6.92 Å². The molecule has 3 heteroatoms. The second-order valence-corrected chi connectivity index (χ2v) is 10.1. The number of ether oxygens (including phenoxy) is 1. The average Bonchev–Trinajstić information content (AvgIpc) is 2.92. The number of carbonyl (C=O) groups is 1. The molecule has 3 saturated carbocycles. The van der Waals surface area contributed by atoms with Crippen molar-refractivity contribution in [2.75, 3.05) is 0 Å². The first kappa shape index (κ1) is 18.7. The van der Waals surface area contributed by atoms with E-state index in [0.717, 1.165) is 37.0 Å². The highest BCUT2D eigenvalue weighted by atomic mass is 16.6. The van der Waals surface area contributed by atoms with E-state index in [1.54, 1.807) is 12.5 Å². The lowest BCUT2D eigenvalue weighted by Gasteiger charge is -2.58. The number of allylic oxidation sites excluding steroid dienone is 1. The standard InChI is InChI=1S/C23H36O3/c1-14(24)19-7-8-20-18-6-5-16-13-17(26-15(2)25)9-11-22(16,3)21(18)10-12-23(19,20)4/h5,15,17-21,25H,6-13H2,1-4H3. The number of Topliss-reactive ketones (excluding diaryl/α,β-unsaturated/α-hetero) is 1. The molecular weight excluding hydrogens is 324 g/mol. The van der Waals surface area contributed by atoms with Crippen LogP contribution in [0, 0.1) is 34.5 Å². The zero-order valence-electron chi connectivity index (χ0n) is 17.0. The van der Waals surface area contributed by atoms with E-state index in [1.165, 1.54) is 32.1 Å². The van der Waals surface area contributed by atoms with Gasteiger partial charge in [0.1, 0.15) is 5.78 Å². The van der Waals surface area contributed by atoms with E-state index < -0.39 is 6.29 Å². The van der Waals surface area contributed by atoms with Crippen molar-refractivity contribution >= 4 is 5.78 Å². The summed E-state index contributed by atoms with van der Waals surface area (Å²) < 4.78 is 5.72. The van der Waals surface area contributed by atoms with Crippen molar-refractivity contribution in [2.45, 2.75) is 91.5 Å². The lowest BCUT2D eigenvalue weighted by molar-refractivity contribution is -0.140. The van der Waals surface area contributed by atoms with E-state index in [4.69, 9.17) is 4.74 Å². The molecule has 4 rings (SSSR count). The molecule has 8 unspecified atom stereocenters. The zero-order valence-corrected chi connectivity index (χ0v) is 17.0. The summed E-state index contributed by atoms with van der Waals surface area (Å²) in [4.78, 5) is 12.2. The number of carbonyl (C=O) groups excluding carboxylic acids is 1. The molecule has 8 atom stereocenters. The largest absolute Gasteiger partial charge is 0.368 e. The van der Waals surface area contributed by atoms with E-state index in [0.29, 0.717) is 17.1 Å². The highest BCUT2D eigenvalue weighted by Gasteiger charge is 2.59. The SMILES string of the molecule is CC(=O)C1CCC2C3CC=C4CC(OC(C)O)CCC4(C)C3CCC12C. The fourth-order valence-electron chi connectivity index (χ4n) is 7.69. The fraction of sp³-hybridized carbons (Fsp3) is 0.870. The summed E-state index contributed by atoms with van der Waals surface area (Å²) >= 11 is 0. The average molecular weight is 361 g/mol. The minimum Gasteiger partial charge on any atom is -0.368 e. The number of hydrogen-bond donors (Lipinski definition) is 1. The van der Waals surface area contributed by atoms with Gasteiger partial charge in [-0.15, -0.1) is 0 Å². The third kappa shape index (κ3) is 2.73. The van der Waals surface area contributed by atoms with Gasteiger partial charge in [0.25, 0.3) is 0 Å². The van der Waals surface area contributed by atoms with Crippen LogP contribution in [0.2, 0.25) is 0 Å². The number of fused-ring (bicyclic) bond motifs is 5. The van der Waals surface area contributed by atoms with Gasteiger partial charge in [-0.2, -0.15) is 0 Å². The molecule has 26 heavy (non-hydrogen) atoms. The molecule has 4 aliphatic carbocycles. The van der Waals surface area contributed by atoms with Gasteiger partial charge in [-0.05, 0) is 93.8 Å². The molecule has 0 aromatic heterocycles. The minimum absolute atomic E-state index is 0.174. The molecule has 1 N–H and O–H groups in total. The first-order chi connectivity index (χ1) is 12.3. The lowest BCUT2D eigenvalue weighted by Crippen LogP contribution is -2.51. The Bertz CT molecular complexity index is 609. The Balaban J connectivity index is 1.58. The molecule has 0 aliphatic heterocycles. The van der Waals surface area contributed by atoms with Gasteiger partial charge in [-0.1, -0.05) is 25.5 Å². The van der Waals surface area contributed by atoms with Crippen LogP contribution in [0.5, 0.6) is 0 Å². The van der Waals surface area contributed by atoms with Gasteiger partial charge in [0, 0.05) is 5.92 Å². The van der Waals surface area contributed by atoms with Gasteiger partial charge < -0.3 is 9.84 Å². The zero-order chi connectivity index (χ0) is 18.7. The van der Waals surface area contributed by atoms with Gasteiger partial charge in [-0.3, -0.25) is 4.79 Å². The topological polar surface area (TPSA) is 46.5 Å². The second-order valence-electron chi connectivity index (χ2n) is 10.1. The van der Waals surface area contributed by atoms with Crippen LogP contribution in [0.15, 0.2) is 11.6 Å². The molecule has 0 spiro atoms. The van der Waals surface area contributed by atoms with Crippen LogP contribution in [-0.2, 0) is 9.53 Å². The number of hydrogen-bond acceptors (Lipinski definition) is 3. The van der Waals surface area contributed by atoms with Crippen molar-refractivity contribution in [1.82, 2.24) is 0 Å². The lowest BCUT2D eigenvalue weighted by atomic mass is 9.47. The number of rotatable bonds is 3. The van der Waals surface area contributed by atoms with Gasteiger partial charge in [0.2, 0.25) is 0 Å². The van der Waals surface area contributed by atoms with Crippen LogP contribution in [0.4, 0.5) is 0 Å². The van der Waals surface area contributed by atoms with E-state index >= 15 is 0 Å². The van der Waals surface area contributed by atoms with Gasteiger partial charge in [0.05, 0.1) is 6.10 Å². The quantitative estimate of drug-likeness (QED) is 0.576. The molecule has 3 nitrogen and oxygen atoms in total. The predicted molar refractivity (Wildman–Crippen MR) is 102 cm³/mol. The Morgan fingerprint density at radius 2 is 1.96 bits per heavy atom. The molecule has 0 saturated heterocycles. The Hall–Kier alpha value is -0.670. The summed E-state index contributed by atoms with van der Waals surface area (Å²) in [6, 6.07) is 0. The second kappa shape index (κ2) is 6.44. The third-order valence-corrected chi connectivity index (χ3v) is 8.94. The first-order valence-corrected chi connectivity index (χ1v) is 10.8. The number of aliphatic hydroxyl groups is 1. The van der Waals surface area contributed by atoms with Crippen molar-refractivity contribution in [3.8, 4) is 0 Å². The summed E-state index contributed by atoms with van der Waals surface area (Å²) in [7, 11) is 0. The van der Waals surface area contributed by atoms with Crippen molar-refractivity contribution in [1.29, 1.82) is 0 Å². The van der Waals surface area contributed by atoms with E-state index in [2.05, 4.69) is 19.9 Å². The van der Waals surface area contributed by atoms with Crippen molar-refractivity contribution in [2.24, 2.45) is 34.5 Å². The monoisotopic (exact) mass is 360 g/mol. The van der Waals surface area contributed by atoms with Gasteiger partial charge >= 0.3 is 0 Å². The molecular formula is C23H36O3. The Morgan fingerprint density at radius 3 is 2.65 bits per heavy atom. The highest BCUT2D eigenvalue weighted by Crippen LogP contribution is 2.66. The Labute approximate surface area is 158 Å². The molecule has 3 fully saturated rings. The predicted octanol–water partition coefficient (Wildman–Crippen LogP) is 4.88. The maximum atomic E-state index is 12.2. The summed E-state index contributed by atoms with van der Waals surface area (Å²) in [5.74, 6) is 2.94. The maximum absolute atomic E-state index is 12.2. The van der Waals surface area contributed by atoms with Crippen molar-refractivity contribution < 1.29 is 14.6 Å². The van der Waals surface area contributed by atoms with Crippen LogP contribution >= 0.6 is 0 Å². The Kier molecular flexibility index (Phi) is 4.63. The van der Waals surface area contributed by atoms with Crippen LogP contribution in [0.1, 0.15) is 79.1 Å². The van der Waals surface area contributed by atoms with E-state index in [-0.39, 0.29) is 11.5 Å². The summed E-state index contributed by atoms with van der Waals surface area (Å²) in [5, 5.41) is 9.58. The summed E-state index contributed by atoms with van der Waals surface area (Å²) in [6.07, 6.45) is 11.3. The minimum atomic E-state index is -0.668. The van der Waals surface area contributed by atoms with Crippen LogP contribution in [-0.4, -0.2) is 23.3 Å². The summed E-state index contributed by atoms with van der Waals surface area (Å²) in [5.41, 5.74) is 2.12. The van der Waals surface area contributed by atoms with Crippen LogP contribution in [0.3, 0.4) is 0 Å². The molecule has 4 aliphatic rings. The molecule has 0 radical (unpaired) electrons. The smallest absolute Gasteiger partial charge is 0.152 e. The molecule has 0 amide bonds. The Morgan fingerprint density at radius 1 is 1.19 bits per heavy atom. The normalized spacial score (nSPS) is 48.8. The van der Waals surface area contributed by atoms with Gasteiger partial charge in [-0.25, -0.2) is 0 Å². The van der Waals surface area contributed by atoms with Crippen molar-refractivity contribution in [3.63, 3.8) is 0 Å². The highest BCUT2D eigenvalue weighted by molar-refractivity contribution is 5.79. The molecule has 0 aromatic rings. The molecule has 146 valence electrons.